The van der Waals surface area contributed by atoms with E-state index in [0.29, 0.717) is 29.6 Å². The number of carbonyl (C=O) groups excluding carboxylic acids is 1. The molecule has 2 heterocycles. The molecule has 1 atom stereocenters. The smallest absolute Gasteiger partial charge is 0.254 e. The number of hydrogen-bond donors (Lipinski definition) is 0. The van der Waals surface area contributed by atoms with E-state index in [0.717, 1.165) is 24.8 Å². The Morgan fingerprint density at radius 3 is 2.89 bits per heavy atom. The Morgan fingerprint density at radius 2 is 2.07 bits per heavy atom. The molecule has 1 amide bonds. The second kappa shape index (κ2) is 7.80. The van der Waals surface area contributed by atoms with E-state index in [2.05, 4.69) is 10.1 Å². The lowest BCUT2D eigenvalue weighted by Gasteiger charge is -2.33. The Hall–Kier alpha value is -3.22. The summed E-state index contributed by atoms with van der Waals surface area (Å²) in [4.78, 5) is 19.2. The molecule has 28 heavy (non-hydrogen) atoms. The van der Waals surface area contributed by atoms with E-state index in [1.54, 1.807) is 18.1 Å². The van der Waals surface area contributed by atoms with Gasteiger partial charge in [0.25, 0.3) is 5.91 Å². The highest BCUT2D eigenvalue weighted by molar-refractivity contribution is 5.94. The standard InChI is InChI=1S/C21H20FN3O3/c1-27-17-9-5-6-14(13-17)19-23-20(28-24-19)18-10-2-3-11-25(18)21(26)15-7-4-8-16(22)12-15/h4-9,12-13,18H,2-3,10-11H2,1H3. The summed E-state index contributed by atoms with van der Waals surface area (Å²) in [6.07, 6.45) is 2.56. The van der Waals surface area contributed by atoms with Crippen LogP contribution in [0.1, 0.15) is 41.6 Å². The summed E-state index contributed by atoms with van der Waals surface area (Å²) in [6, 6.07) is 12.8. The first-order valence-corrected chi connectivity index (χ1v) is 9.20. The average Bonchev–Trinajstić information content (AvgIpc) is 3.23. The first-order valence-electron chi connectivity index (χ1n) is 9.20. The van der Waals surface area contributed by atoms with E-state index in [9.17, 15) is 9.18 Å². The molecule has 4 rings (SSSR count). The van der Waals surface area contributed by atoms with Crippen molar-refractivity contribution >= 4 is 5.91 Å². The van der Waals surface area contributed by atoms with Crippen LogP contribution in [0.5, 0.6) is 5.75 Å². The van der Waals surface area contributed by atoms with Gasteiger partial charge in [0.05, 0.1) is 7.11 Å². The number of benzene rings is 2. The van der Waals surface area contributed by atoms with Gasteiger partial charge in [-0.25, -0.2) is 4.39 Å². The van der Waals surface area contributed by atoms with Crippen LogP contribution >= 0.6 is 0 Å². The Labute approximate surface area is 161 Å². The van der Waals surface area contributed by atoms with Gasteiger partial charge in [-0.2, -0.15) is 4.98 Å². The fourth-order valence-electron chi connectivity index (χ4n) is 3.47. The van der Waals surface area contributed by atoms with Crippen molar-refractivity contribution in [2.75, 3.05) is 13.7 Å². The van der Waals surface area contributed by atoms with Crippen LogP contribution in [0.25, 0.3) is 11.4 Å². The van der Waals surface area contributed by atoms with Gasteiger partial charge in [-0.05, 0) is 49.6 Å². The second-order valence-electron chi connectivity index (χ2n) is 6.71. The third-order valence-electron chi connectivity index (χ3n) is 4.89. The van der Waals surface area contributed by atoms with Crippen LogP contribution in [0.15, 0.2) is 53.1 Å². The number of halogens is 1. The van der Waals surface area contributed by atoms with Crippen molar-refractivity contribution in [1.29, 1.82) is 0 Å². The minimum Gasteiger partial charge on any atom is -0.497 e. The fraction of sp³-hybridized carbons (Fsp3) is 0.286. The van der Waals surface area contributed by atoms with Crippen LogP contribution < -0.4 is 4.74 Å². The van der Waals surface area contributed by atoms with Crippen molar-refractivity contribution < 1.29 is 18.4 Å². The molecule has 0 radical (unpaired) electrons. The zero-order chi connectivity index (χ0) is 19.5. The van der Waals surface area contributed by atoms with Crippen LogP contribution in [-0.2, 0) is 0 Å². The first kappa shape index (κ1) is 18.2. The minimum absolute atomic E-state index is 0.231. The van der Waals surface area contributed by atoms with Crippen molar-refractivity contribution in [2.45, 2.75) is 25.3 Å². The van der Waals surface area contributed by atoms with E-state index in [1.165, 1.54) is 18.2 Å². The molecule has 0 saturated carbocycles. The van der Waals surface area contributed by atoms with Gasteiger partial charge in [0.2, 0.25) is 11.7 Å². The molecule has 144 valence electrons. The van der Waals surface area contributed by atoms with Crippen LogP contribution in [0.4, 0.5) is 4.39 Å². The largest absolute Gasteiger partial charge is 0.497 e. The van der Waals surface area contributed by atoms with Crippen LogP contribution in [0.3, 0.4) is 0 Å². The van der Waals surface area contributed by atoms with Crippen LogP contribution in [0.2, 0.25) is 0 Å². The summed E-state index contributed by atoms with van der Waals surface area (Å²) in [5, 5.41) is 4.08. The predicted octanol–water partition coefficient (Wildman–Crippen LogP) is 4.25. The molecular formula is C21H20FN3O3. The van der Waals surface area contributed by atoms with Gasteiger partial charge in [-0.15, -0.1) is 0 Å². The number of rotatable bonds is 4. The maximum absolute atomic E-state index is 13.5. The lowest BCUT2D eigenvalue weighted by atomic mass is 10.0. The summed E-state index contributed by atoms with van der Waals surface area (Å²) < 4.78 is 24.3. The minimum atomic E-state index is -0.433. The molecular weight excluding hydrogens is 361 g/mol. The molecule has 1 unspecified atom stereocenters. The Kier molecular flexibility index (Phi) is 5.06. The third-order valence-corrected chi connectivity index (χ3v) is 4.89. The summed E-state index contributed by atoms with van der Waals surface area (Å²) in [5.41, 5.74) is 1.09. The Morgan fingerprint density at radius 1 is 1.21 bits per heavy atom. The van der Waals surface area contributed by atoms with E-state index in [4.69, 9.17) is 9.26 Å². The molecule has 6 nitrogen and oxygen atoms in total. The predicted molar refractivity (Wildman–Crippen MR) is 100 cm³/mol. The number of aromatic nitrogens is 2. The third kappa shape index (κ3) is 3.60. The van der Waals surface area contributed by atoms with Gasteiger partial charge in [0, 0.05) is 17.7 Å². The van der Waals surface area contributed by atoms with Crippen molar-refractivity contribution in [3.05, 3.63) is 65.8 Å². The van der Waals surface area contributed by atoms with Crippen molar-refractivity contribution in [3.8, 4) is 17.1 Å². The van der Waals surface area contributed by atoms with E-state index >= 15 is 0 Å². The Bertz CT molecular complexity index is 988. The van der Waals surface area contributed by atoms with E-state index in [1.807, 2.05) is 24.3 Å². The maximum Gasteiger partial charge on any atom is 0.254 e. The van der Waals surface area contributed by atoms with E-state index in [-0.39, 0.29) is 11.9 Å². The lowest BCUT2D eigenvalue weighted by Crippen LogP contribution is -2.38. The number of nitrogens with zero attached hydrogens (tertiary/aromatic N) is 3. The van der Waals surface area contributed by atoms with Gasteiger partial charge in [0.1, 0.15) is 17.6 Å². The average molecular weight is 381 g/mol. The number of piperidine rings is 1. The molecule has 0 aliphatic carbocycles. The number of amides is 1. The monoisotopic (exact) mass is 381 g/mol. The van der Waals surface area contributed by atoms with Gasteiger partial charge in [-0.1, -0.05) is 23.4 Å². The summed E-state index contributed by atoms with van der Waals surface area (Å²) >= 11 is 0. The Balaban J connectivity index is 1.61. The SMILES string of the molecule is COc1cccc(-c2noc(C3CCCCN3C(=O)c3cccc(F)c3)n2)c1. The molecule has 1 fully saturated rings. The molecule has 0 bridgehead atoms. The van der Waals surface area contributed by atoms with Gasteiger partial charge in [-0.3, -0.25) is 4.79 Å². The van der Waals surface area contributed by atoms with Gasteiger partial charge < -0.3 is 14.2 Å². The molecule has 1 aliphatic rings. The molecule has 0 spiro atoms. The summed E-state index contributed by atoms with van der Waals surface area (Å²) in [7, 11) is 1.60. The second-order valence-corrected chi connectivity index (χ2v) is 6.71. The molecule has 3 aromatic rings. The van der Waals surface area contributed by atoms with E-state index < -0.39 is 5.82 Å². The number of likely N-dealkylation sites (tertiary alicyclic amines) is 1. The summed E-state index contributed by atoms with van der Waals surface area (Å²) in [5.74, 6) is 0.868. The number of carbonyl (C=O) groups is 1. The van der Waals surface area contributed by atoms with Crippen LogP contribution in [-0.4, -0.2) is 34.6 Å². The number of methoxy groups -OCH3 is 1. The molecule has 1 aliphatic heterocycles. The molecule has 7 heteroatoms. The number of hydrogen-bond acceptors (Lipinski definition) is 5. The van der Waals surface area contributed by atoms with Gasteiger partial charge >= 0.3 is 0 Å². The normalized spacial score (nSPS) is 16.8. The maximum atomic E-state index is 13.5. The van der Waals surface area contributed by atoms with Crippen molar-refractivity contribution in [1.82, 2.24) is 15.0 Å². The topological polar surface area (TPSA) is 68.5 Å². The first-order chi connectivity index (χ1) is 13.7. The van der Waals surface area contributed by atoms with Crippen molar-refractivity contribution in [2.24, 2.45) is 0 Å². The quantitative estimate of drug-likeness (QED) is 0.676. The zero-order valence-electron chi connectivity index (χ0n) is 15.5. The van der Waals surface area contributed by atoms with Crippen molar-refractivity contribution in [3.63, 3.8) is 0 Å². The molecule has 1 aromatic heterocycles. The number of ether oxygens (including phenoxy) is 1. The zero-order valence-corrected chi connectivity index (χ0v) is 15.5. The molecule has 0 N–H and O–H groups in total. The highest BCUT2D eigenvalue weighted by Crippen LogP contribution is 2.32. The highest BCUT2D eigenvalue weighted by Gasteiger charge is 2.33. The molecule has 1 saturated heterocycles. The lowest BCUT2D eigenvalue weighted by molar-refractivity contribution is 0.0561. The van der Waals surface area contributed by atoms with Crippen LogP contribution in [0, 0.1) is 5.82 Å². The fourth-order valence-corrected chi connectivity index (χ4v) is 3.47. The van der Waals surface area contributed by atoms with Gasteiger partial charge in [0.15, 0.2) is 0 Å². The molecule has 2 aromatic carbocycles. The highest BCUT2D eigenvalue weighted by atomic mass is 19.1. The summed E-state index contributed by atoms with van der Waals surface area (Å²) in [6.45, 7) is 0.566.